The Morgan fingerprint density at radius 3 is 2.44 bits per heavy atom. The van der Waals surface area contributed by atoms with Crippen molar-refractivity contribution in [2.45, 2.75) is 52.0 Å². The van der Waals surface area contributed by atoms with Crippen molar-refractivity contribution < 1.29 is 32.4 Å². The van der Waals surface area contributed by atoms with E-state index in [0.717, 1.165) is 23.8 Å². The maximum Gasteiger partial charge on any atom is 0.293 e. The molecule has 1 aromatic heterocycles. The first-order valence-corrected chi connectivity index (χ1v) is 12.9. The molecule has 208 valence electrons. The summed E-state index contributed by atoms with van der Waals surface area (Å²) in [6.45, 7) is 8.21. The Bertz CT molecular complexity index is 1400. The van der Waals surface area contributed by atoms with Crippen molar-refractivity contribution >= 4 is 11.7 Å². The molecule has 0 spiro atoms. The van der Waals surface area contributed by atoms with Crippen molar-refractivity contribution in [1.29, 1.82) is 0 Å². The van der Waals surface area contributed by atoms with Crippen LogP contribution in [0, 0.1) is 11.6 Å². The van der Waals surface area contributed by atoms with Crippen LogP contribution >= 0.6 is 0 Å². The summed E-state index contributed by atoms with van der Waals surface area (Å²) >= 11 is 0. The number of aromatic nitrogens is 1. The minimum absolute atomic E-state index is 0.113. The molecular formula is C29H32F2N2O6. The fourth-order valence-electron chi connectivity index (χ4n) is 5.06. The van der Waals surface area contributed by atoms with Gasteiger partial charge in [-0.3, -0.25) is 14.4 Å². The molecule has 0 bridgehead atoms. The van der Waals surface area contributed by atoms with E-state index in [-0.39, 0.29) is 36.5 Å². The van der Waals surface area contributed by atoms with Crippen molar-refractivity contribution in [2.75, 3.05) is 26.4 Å². The summed E-state index contributed by atoms with van der Waals surface area (Å²) in [4.78, 5) is 39.9. The normalized spacial score (nSPS) is 15.2. The number of rotatable bonds is 10. The van der Waals surface area contributed by atoms with Gasteiger partial charge >= 0.3 is 0 Å². The molecule has 3 aromatic rings. The number of amides is 1. The van der Waals surface area contributed by atoms with Crippen LogP contribution in [0.1, 0.15) is 66.5 Å². The largest absolute Gasteiger partial charge is 0.494 e. The molecule has 0 fully saturated rings. The summed E-state index contributed by atoms with van der Waals surface area (Å²) in [6.07, 6.45) is 0.117. The van der Waals surface area contributed by atoms with Crippen molar-refractivity contribution in [3.8, 4) is 5.75 Å². The highest BCUT2D eigenvalue weighted by atomic mass is 19.1. The van der Waals surface area contributed by atoms with Crippen LogP contribution in [0.4, 0.5) is 8.78 Å². The number of H-pyrrole nitrogens is 1. The van der Waals surface area contributed by atoms with E-state index < -0.39 is 40.3 Å². The molecule has 10 heteroatoms. The van der Waals surface area contributed by atoms with Gasteiger partial charge in [0.1, 0.15) is 23.4 Å². The molecule has 0 unspecified atom stereocenters. The molecule has 1 N–H and O–H groups in total. The highest BCUT2D eigenvalue weighted by Crippen LogP contribution is 2.35. The Balaban J connectivity index is 1.68. The van der Waals surface area contributed by atoms with Gasteiger partial charge in [0, 0.05) is 30.6 Å². The number of benzene rings is 2. The third-order valence-corrected chi connectivity index (χ3v) is 6.78. The zero-order chi connectivity index (χ0) is 28.3. The minimum Gasteiger partial charge on any atom is -0.494 e. The van der Waals surface area contributed by atoms with Gasteiger partial charge < -0.3 is 18.9 Å². The predicted molar refractivity (Wildman–Crippen MR) is 139 cm³/mol. The van der Waals surface area contributed by atoms with E-state index >= 15 is 8.78 Å². The highest BCUT2D eigenvalue weighted by molar-refractivity contribution is 5.97. The molecule has 2 aromatic carbocycles. The number of carbonyl (C=O) groups is 2. The van der Waals surface area contributed by atoms with Crippen LogP contribution in [0.5, 0.6) is 5.75 Å². The third kappa shape index (κ3) is 5.95. The molecule has 0 saturated carbocycles. The smallest absolute Gasteiger partial charge is 0.293 e. The lowest BCUT2D eigenvalue weighted by molar-refractivity contribution is -0.123. The first-order chi connectivity index (χ1) is 18.6. The van der Waals surface area contributed by atoms with Gasteiger partial charge in [0.15, 0.2) is 5.78 Å². The number of aromatic amines is 1. The van der Waals surface area contributed by atoms with Gasteiger partial charge in [-0.1, -0.05) is 19.9 Å². The fraction of sp³-hybridized carbons (Fsp3) is 0.414. The van der Waals surface area contributed by atoms with E-state index in [4.69, 9.17) is 14.0 Å². The topological polar surface area (TPSA) is 102 Å². The van der Waals surface area contributed by atoms with Crippen LogP contribution in [0.15, 0.2) is 45.7 Å². The zero-order valence-corrected chi connectivity index (χ0v) is 22.4. The SMILES string of the molecule is CCOCC(C)(C)c1c(F)cc(CC(=O)[C@H]2c3ccc(OCC)cc3CCN2C(=O)c2cc(=O)[nH]o2)cc1F. The zero-order valence-electron chi connectivity index (χ0n) is 22.4. The third-order valence-electron chi connectivity index (χ3n) is 6.78. The number of hydrogen-bond acceptors (Lipinski definition) is 6. The van der Waals surface area contributed by atoms with Crippen LogP contribution in [0.25, 0.3) is 0 Å². The van der Waals surface area contributed by atoms with Gasteiger partial charge in [0.2, 0.25) is 5.76 Å². The Labute approximate surface area is 224 Å². The summed E-state index contributed by atoms with van der Waals surface area (Å²) in [5.74, 6) is -2.22. The van der Waals surface area contributed by atoms with Gasteiger partial charge in [-0.25, -0.2) is 8.78 Å². The minimum atomic E-state index is -1.06. The van der Waals surface area contributed by atoms with Crippen molar-refractivity contribution in [2.24, 2.45) is 0 Å². The maximum absolute atomic E-state index is 15.2. The first kappa shape index (κ1) is 28.2. The molecule has 0 aliphatic carbocycles. The second-order valence-corrected chi connectivity index (χ2v) is 10.1. The van der Waals surface area contributed by atoms with E-state index in [2.05, 4.69) is 5.16 Å². The quantitative estimate of drug-likeness (QED) is 0.405. The van der Waals surface area contributed by atoms with E-state index in [0.29, 0.717) is 30.9 Å². The van der Waals surface area contributed by atoms with E-state index in [1.54, 1.807) is 32.9 Å². The van der Waals surface area contributed by atoms with E-state index in [9.17, 15) is 14.4 Å². The molecule has 1 aliphatic rings. The number of ether oxygens (including phenoxy) is 2. The summed E-state index contributed by atoms with van der Waals surface area (Å²) < 4.78 is 46.4. The Hall–Kier alpha value is -3.79. The van der Waals surface area contributed by atoms with Gasteiger partial charge in [-0.2, -0.15) is 5.16 Å². The van der Waals surface area contributed by atoms with Crippen LogP contribution in [-0.2, 0) is 27.8 Å². The number of halogens is 2. The average Bonchev–Trinajstić information content (AvgIpc) is 3.32. The molecular weight excluding hydrogens is 510 g/mol. The molecule has 4 rings (SSSR count). The van der Waals surface area contributed by atoms with Gasteiger partial charge in [0.05, 0.1) is 19.3 Å². The second kappa shape index (κ2) is 11.5. The highest BCUT2D eigenvalue weighted by Gasteiger charge is 2.38. The summed E-state index contributed by atoms with van der Waals surface area (Å²) in [6, 6.07) is 7.53. The number of fused-ring (bicyclic) bond motifs is 1. The van der Waals surface area contributed by atoms with Gasteiger partial charge in [0.25, 0.3) is 11.5 Å². The Kier molecular flexibility index (Phi) is 8.34. The predicted octanol–water partition coefficient (Wildman–Crippen LogP) is 4.51. The molecule has 2 heterocycles. The maximum atomic E-state index is 15.2. The van der Waals surface area contributed by atoms with Crippen LogP contribution < -0.4 is 10.3 Å². The molecule has 1 amide bonds. The van der Waals surface area contributed by atoms with Crippen LogP contribution in [-0.4, -0.2) is 48.1 Å². The Morgan fingerprint density at radius 2 is 1.82 bits per heavy atom. The monoisotopic (exact) mass is 542 g/mol. The summed E-state index contributed by atoms with van der Waals surface area (Å²) in [5, 5.41) is 2.08. The lowest BCUT2D eigenvalue weighted by atomic mass is 9.83. The first-order valence-electron chi connectivity index (χ1n) is 12.9. The summed E-state index contributed by atoms with van der Waals surface area (Å²) in [5.41, 5.74) is -0.0711. The molecule has 1 aliphatic heterocycles. The number of hydrogen-bond donors (Lipinski definition) is 1. The average molecular weight is 543 g/mol. The number of carbonyl (C=O) groups excluding carboxylic acids is 2. The van der Waals surface area contributed by atoms with Crippen molar-refractivity contribution in [3.05, 3.63) is 86.4 Å². The molecule has 0 radical (unpaired) electrons. The van der Waals surface area contributed by atoms with Gasteiger partial charge in [-0.05, 0) is 61.2 Å². The van der Waals surface area contributed by atoms with Crippen molar-refractivity contribution in [3.63, 3.8) is 0 Å². The standard InChI is InChI=1S/C29H32F2N2O6/c1-5-37-16-29(3,4)26-21(30)11-17(12-22(26)31)13-23(34)27-20-8-7-19(38-6-2)14-18(20)9-10-33(27)28(36)24-15-25(35)32-39-24/h7-8,11-12,14-15,27H,5-6,9-10,13,16H2,1-4H3,(H,32,35)/t27-/m1/s1. The number of nitrogens with one attached hydrogen (secondary N) is 1. The lowest BCUT2D eigenvalue weighted by Crippen LogP contribution is -2.44. The Morgan fingerprint density at radius 1 is 1.10 bits per heavy atom. The van der Waals surface area contributed by atoms with E-state index in [1.807, 2.05) is 13.0 Å². The van der Waals surface area contributed by atoms with Gasteiger partial charge in [-0.15, -0.1) is 0 Å². The number of Topliss-reactive ketones (excluding diaryl/α,β-unsaturated/α-hetero) is 1. The number of nitrogens with zero attached hydrogens (tertiary/aromatic N) is 1. The van der Waals surface area contributed by atoms with Crippen LogP contribution in [0.2, 0.25) is 0 Å². The second-order valence-electron chi connectivity index (χ2n) is 10.1. The molecule has 8 nitrogen and oxygen atoms in total. The summed E-state index contributed by atoms with van der Waals surface area (Å²) in [7, 11) is 0. The van der Waals surface area contributed by atoms with Crippen molar-refractivity contribution in [1.82, 2.24) is 10.1 Å². The lowest BCUT2D eigenvalue weighted by Gasteiger charge is -2.36. The number of ketones is 1. The molecule has 39 heavy (non-hydrogen) atoms. The fourth-order valence-corrected chi connectivity index (χ4v) is 5.06. The van der Waals surface area contributed by atoms with Crippen LogP contribution in [0.3, 0.4) is 0 Å². The molecule has 0 saturated heterocycles. The van der Waals surface area contributed by atoms with E-state index in [1.165, 1.54) is 4.90 Å². The molecule has 1 atom stereocenters.